The molecule has 2 atom stereocenters. The van der Waals surface area contributed by atoms with E-state index in [1.165, 1.54) is 12.5 Å². The number of nitrogens with one attached hydrogen (secondary N) is 2. The van der Waals surface area contributed by atoms with Crippen LogP contribution >= 0.6 is 0 Å². The van der Waals surface area contributed by atoms with Crippen molar-refractivity contribution in [2.45, 2.75) is 45.8 Å². The maximum atomic E-state index is 12.8. The summed E-state index contributed by atoms with van der Waals surface area (Å²) in [4.78, 5) is 43.3. The Morgan fingerprint density at radius 2 is 1.86 bits per heavy atom. The SMILES string of the molecule is CC(C)(C)C(=O)OC(Cc1ccccc1)C(=O)N[C@@H](Cc1cnc[nH]1)C(=O)O. The molecule has 0 saturated heterocycles. The number of nitrogens with zero attached hydrogens (tertiary/aromatic N) is 1. The lowest BCUT2D eigenvalue weighted by Gasteiger charge is -2.24. The normalized spacial score (nSPS) is 13.4. The number of hydrogen-bond donors (Lipinski definition) is 3. The van der Waals surface area contributed by atoms with E-state index >= 15 is 0 Å². The predicted molar refractivity (Wildman–Crippen MR) is 101 cm³/mol. The van der Waals surface area contributed by atoms with Crippen LogP contribution < -0.4 is 5.32 Å². The molecule has 2 aromatic rings. The Hall–Kier alpha value is -3.16. The Morgan fingerprint density at radius 1 is 1.18 bits per heavy atom. The molecule has 0 radical (unpaired) electrons. The summed E-state index contributed by atoms with van der Waals surface area (Å²) in [7, 11) is 0. The number of hydrogen-bond acceptors (Lipinski definition) is 5. The van der Waals surface area contributed by atoms with Crippen LogP contribution in [0.4, 0.5) is 0 Å². The fourth-order valence-corrected chi connectivity index (χ4v) is 2.40. The average molecular weight is 387 g/mol. The summed E-state index contributed by atoms with van der Waals surface area (Å²) < 4.78 is 5.43. The highest BCUT2D eigenvalue weighted by Crippen LogP contribution is 2.18. The first kappa shape index (κ1) is 21.1. The second kappa shape index (κ2) is 9.16. The smallest absolute Gasteiger partial charge is 0.326 e. The quantitative estimate of drug-likeness (QED) is 0.593. The maximum Gasteiger partial charge on any atom is 0.326 e. The summed E-state index contributed by atoms with van der Waals surface area (Å²) in [6.45, 7) is 5.06. The lowest BCUT2D eigenvalue weighted by Crippen LogP contribution is -2.49. The second-order valence-electron chi connectivity index (χ2n) is 7.51. The zero-order valence-corrected chi connectivity index (χ0v) is 16.1. The van der Waals surface area contributed by atoms with Gasteiger partial charge in [0, 0.05) is 24.7 Å². The van der Waals surface area contributed by atoms with Crippen molar-refractivity contribution in [1.29, 1.82) is 0 Å². The summed E-state index contributed by atoms with van der Waals surface area (Å²) in [6.07, 6.45) is 1.96. The van der Waals surface area contributed by atoms with Gasteiger partial charge in [0.1, 0.15) is 6.04 Å². The number of ether oxygens (including phenoxy) is 1. The number of benzene rings is 1. The Morgan fingerprint density at radius 3 is 2.39 bits per heavy atom. The highest BCUT2D eigenvalue weighted by molar-refractivity contribution is 5.88. The standard InChI is InChI=1S/C20H25N3O5/c1-20(2,3)19(27)28-16(9-13-7-5-4-6-8-13)17(24)23-15(18(25)26)10-14-11-21-12-22-14/h4-8,11-12,15-16H,9-10H2,1-3H3,(H,21,22)(H,23,24)(H,25,26)/t15-,16?/m0/s1. The van der Waals surface area contributed by atoms with E-state index in [1.807, 2.05) is 30.3 Å². The van der Waals surface area contributed by atoms with Crippen molar-refractivity contribution in [3.05, 3.63) is 54.1 Å². The number of aromatic nitrogens is 2. The van der Waals surface area contributed by atoms with Gasteiger partial charge in [-0.05, 0) is 26.3 Å². The van der Waals surface area contributed by atoms with Gasteiger partial charge in [-0.2, -0.15) is 0 Å². The van der Waals surface area contributed by atoms with Gasteiger partial charge in [-0.15, -0.1) is 0 Å². The maximum absolute atomic E-state index is 12.8. The summed E-state index contributed by atoms with van der Waals surface area (Å²) in [5.41, 5.74) is 0.570. The average Bonchev–Trinajstić information content (AvgIpc) is 3.13. The van der Waals surface area contributed by atoms with Crippen LogP contribution in [-0.2, 0) is 32.0 Å². The van der Waals surface area contributed by atoms with Gasteiger partial charge in [-0.25, -0.2) is 9.78 Å². The van der Waals surface area contributed by atoms with Crippen molar-refractivity contribution in [3.63, 3.8) is 0 Å². The first-order valence-electron chi connectivity index (χ1n) is 8.92. The van der Waals surface area contributed by atoms with E-state index in [1.54, 1.807) is 20.8 Å². The first-order chi connectivity index (χ1) is 13.2. The molecule has 1 aromatic carbocycles. The second-order valence-corrected chi connectivity index (χ2v) is 7.51. The third kappa shape index (κ3) is 6.22. The Bertz CT molecular complexity index is 797. The van der Waals surface area contributed by atoms with Crippen LogP contribution in [0.15, 0.2) is 42.9 Å². The van der Waals surface area contributed by atoms with Gasteiger partial charge in [0.2, 0.25) is 0 Å². The Kier molecular flexibility index (Phi) is 6.92. The number of carboxylic acid groups (broad SMARTS) is 1. The number of rotatable bonds is 8. The van der Waals surface area contributed by atoms with E-state index in [9.17, 15) is 19.5 Å². The van der Waals surface area contributed by atoms with Crippen molar-refractivity contribution < 1.29 is 24.2 Å². The lowest BCUT2D eigenvalue weighted by molar-refractivity contribution is -0.164. The van der Waals surface area contributed by atoms with Crippen LogP contribution in [0.1, 0.15) is 32.0 Å². The topological polar surface area (TPSA) is 121 Å². The van der Waals surface area contributed by atoms with Crippen LogP contribution in [0.25, 0.3) is 0 Å². The zero-order chi connectivity index (χ0) is 20.7. The molecule has 2 rings (SSSR count). The molecule has 8 heteroatoms. The van der Waals surface area contributed by atoms with Crippen LogP contribution in [0, 0.1) is 5.41 Å². The van der Waals surface area contributed by atoms with Crippen molar-refractivity contribution in [2.24, 2.45) is 5.41 Å². The number of carboxylic acids is 1. The zero-order valence-electron chi connectivity index (χ0n) is 16.1. The molecule has 0 bridgehead atoms. The monoisotopic (exact) mass is 387 g/mol. The van der Waals surface area contributed by atoms with Crippen LogP contribution in [0.3, 0.4) is 0 Å². The van der Waals surface area contributed by atoms with E-state index in [4.69, 9.17) is 4.74 Å². The molecule has 1 amide bonds. The summed E-state index contributed by atoms with van der Waals surface area (Å²) in [6, 6.07) is 7.90. The van der Waals surface area contributed by atoms with Crippen molar-refractivity contribution in [1.82, 2.24) is 15.3 Å². The molecule has 0 saturated carbocycles. The third-order valence-electron chi connectivity index (χ3n) is 4.01. The van der Waals surface area contributed by atoms with Crippen LogP contribution in [0.2, 0.25) is 0 Å². The number of amides is 1. The molecule has 0 aliphatic rings. The van der Waals surface area contributed by atoms with E-state index in [0.29, 0.717) is 5.69 Å². The molecule has 0 fully saturated rings. The molecular formula is C20H25N3O5. The van der Waals surface area contributed by atoms with E-state index in [-0.39, 0.29) is 12.8 Å². The number of aromatic amines is 1. The molecular weight excluding hydrogens is 362 g/mol. The molecule has 3 N–H and O–H groups in total. The number of carbonyl (C=O) groups excluding carboxylic acids is 2. The molecule has 0 aliphatic carbocycles. The minimum Gasteiger partial charge on any atom is -0.480 e. The predicted octanol–water partition coefficient (Wildman–Crippen LogP) is 1.72. The van der Waals surface area contributed by atoms with Gasteiger partial charge in [0.15, 0.2) is 6.10 Å². The third-order valence-corrected chi connectivity index (χ3v) is 4.01. The molecule has 150 valence electrons. The van der Waals surface area contributed by atoms with E-state index in [0.717, 1.165) is 5.56 Å². The number of imidazole rings is 1. The largest absolute Gasteiger partial charge is 0.480 e. The molecule has 1 unspecified atom stereocenters. The number of H-pyrrole nitrogens is 1. The van der Waals surface area contributed by atoms with Gasteiger partial charge in [0.05, 0.1) is 11.7 Å². The first-order valence-corrected chi connectivity index (χ1v) is 8.92. The van der Waals surface area contributed by atoms with E-state index in [2.05, 4.69) is 15.3 Å². The van der Waals surface area contributed by atoms with Crippen LogP contribution in [0.5, 0.6) is 0 Å². The van der Waals surface area contributed by atoms with Crippen molar-refractivity contribution in [2.75, 3.05) is 0 Å². The highest BCUT2D eigenvalue weighted by atomic mass is 16.5. The lowest BCUT2D eigenvalue weighted by atomic mass is 9.97. The summed E-state index contributed by atoms with van der Waals surface area (Å²) >= 11 is 0. The van der Waals surface area contributed by atoms with Crippen molar-refractivity contribution in [3.8, 4) is 0 Å². The minimum atomic E-state index is -1.19. The van der Waals surface area contributed by atoms with Gasteiger partial charge in [-0.3, -0.25) is 9.59 Å². The summed E-state index contributed by atoms with van der Waals surface area (Å²) in [5.74, 6) is -2.39. The molecule has 0 aliphatic heterocycles. The molecule has 1 heterocycles. The molecule has 1 aromatic heterocycles. The molecule has 0 spiro atoms. The molecule has 8 nitrogen and oxygen atoms in total. The van der Waals surface area contributed by atoms with E-state index < -0.39 is 35.4 Å². The Labute approximate surface area is 163 Å². The number of aliphatic carboxylic acids is 1. The van der Waals surface area contributed by atoms with Gasteiger partial charge < -0.3 is 20.1 Å². The minimum absolute atomic E-state index is 0.0341. The molecule has 28 heavy (non-hydrogen) atoms. The Balaban J connectivity index is 2.15. The van der Waals surface area contributed by atoms with Gasteiger partial charge in [-0.1, -0.05) is 30.3 Å². The highest BCUT2D eigenvalue weighted by Gasteiger charge is 2.32. The van der Waals surface area contributed by atoms with Crippen molar-refractivity contribution >= 4 is 17.8 Å². The summed E-state index contributed by atoms with van der Waals surface area (Å²) in [5, 5.41) is 11.9. The number of carbonyl (C=O) groups is 3. The van der Waals surface area contributed by atoms with Crippen LogP contribution in [-0.4, -0.2) is 45.1 Å². The number of esters is 1. The fourth-order valence-electron chi connectivity index (χ4n) is 2.40. The van der Waals surface area contributed by atoms with Gasteiger partial charge in [0.25, 0.3) is 5.91 Å². The van der Waals surface area contributed by atoms with Gasteiger partial charge >= 0.3 is 11.9 Å². The fraction of sp³-hybridized carbons (Fsp3) is 0.400.